The number of nitrogens with one attached hydrogen (secondary N) is 1. The van der Waals surface area contributed by atoms with E-state index in [-0.39, 0.29) is 5.92 Å². The van der Waals surface area contributed by atoms with E-state index in [1.807, 2.05) is 33.8 Å². The molecule has 0 heterocycles. The summed E-state index contributed by atoms with van der Waals surface area (Å²) >= 11 is 0. The minimum Gasteiger partial charge on any atom is -0.459 e. The summed E-state index contributed by atoms with van der Waals surface area (Å²) in [6.07, 6.45) is 0.155. The Hall–Kier alpha value is -2.08. The Balaban J connectivity index is 2.91. The van der Waals surface area contributed by atoms with Crippen molar-refractivity contribution in [1.82, 2.24) is 0 Å². The van der Waals surface area contributed by atoms with Crippen LogP contribution < -0.4 is 11.1 Å². The summed E-state index contributed by atoms with van der Waals surface area (Å²) < 4.78 is 10.2. The average Bonchev–Trinajstić information content (AvgIpc) is 2.46. The SMILES string of the molecule is CCOC(=O)Nc1cccc(C(CC)C(N)C(=O)OC(C)(C)C)c1. The molecule has 24 heavy (non-hydrogen) atoms. The van der Waals surface area contributed by atoms with Gasteiger partial charge in [-0.2, -0.15) is 0 Å². The summed E-state index contributed by atoms with van der Waals surface area (Å²) in [5.41, 5.74) is 7.00. The van der Waals surface area contributed by atoms with E-state index in [2.05, 4.69) is 5.32 Å². The van der Waals surface area contributed by atoms with Gasteiger partial charge in [-0.3, -0.25) is 10.1 Å². The van der Waals surface area contributed by atoms with Crippen molar-refractivity contribution >= 4 is 17.7 Å². The van der Waals surface area contributed by atoms with Crippen LogP contribution in [0.25, 0.3) is 0 Å². The maximum absolute atomic E-state index is 12.2. The fourth-order valence-electron chi connectivity index (χ4n) is 2.36. The van der Waals surface area contributed by atoms with Crippen LogP contribution in [-0.4, -0.2) is 30.3 Å². The van der Waals surface area contributed by atoms with E-state index in [0.29, 0.717) is 18.7 Å². The molecule has 6 nitrogen and oxygen atoms in total. The number of carbonyl (C=O) groups excluding carboxylic acids is 2. The standard InChI is InChI=1S/C18H28N2O4/c1-6-14(15(19)16(21)24-18(3,4)5)12-9-8-10-13(11-12)20-17(22)23-7-2/h8-11,14-15H,6-7,19H2,1-5H3,(H,20,22). The molecule has 0 aliphatic rings. The maximum Gasteiger partial charge on any atom is 0.411 e. The van der Waals surface area contributed by atoms with Gasteiger partial charge in [0.1, 0.15) is 11.6 Å². The molecule has 3 N–H and O–H groups in total. The van der Waals surface area contributed by atoms with Gasteiger partial charge < -0.3 is 15.2 Å². The largest absolute Gasteiger partial charge is 0.459 e. The van der Waals surface area contributed by atoms with Gasteiger partial charge in [0.05, 0.1) is 6.61 Å². The third-order valence-electron chi connectivity index (χ3n) is 3.39. The highest BCUT2D eigenvalue weighted by atomic mass is 16.6. The van der Waals surface area contributed by atoms with Gasteiger partial charge in [0.15, 0.2) is 0 Å². The van der Waals surface area contributed by atoms with Gasteiger partial charge in [-0.25, -0.2) is 4.79 Å². The topological polar surface area (TPSA) is 90.6 Å². The molecule has 1 aromatic rings. The second kappa shape index (κ2) is 8.68. The van der Waals surface area contributed by atoms with Crippen molar-refractivity contribution in [2.45, 2.75) is 58.6 Å². The van der Waals surface area contributed by atoms with E-state index >= 15 is 0 Å². The Morgan fingerprint density at radius 2 is 1.92 bits per heavy atom. The molecule has 1 rings (SSSR count). The number of ether oxygens (including phenoxy) is 2. The summed E-state index contributed by atoms with van der Waals surface area (Å²) in [6, 6.07) is 6.48. The van der Waals surface area contributed by atoms with Crippen LogP contribution in [0.4, 0.5) is 10.5 Å². The van der Waals surface area contributed by atoms with Crippen LogP contribution in [0.1, 0.15) is 52.5 Å². The summed E-state index contributed by atoms with van der Waals surface area (Å²) in [7, 11) is 0. The molecule has 1 aromatic carbocycles. The first-order valence-electron chi connectivity index (χ1n) is 8.20. The molecule has 0 aromatic heterocycles. The highest BCUT2D eigenvalue weighted by Crippen LogP contribution is 2.26. The number of benzene rings is 1. The zero-order valence-electron chi connectivity index (χ0n) is 15.1. The van der Waals surface area contributed by atoms with Crippen molar-refractivity contribution in [2.75, 3.05) is 11.9 Å². The van der Waals surface area contributed by atoms with Crippen LogP contribution in [0.2, 0.25) is 0 Å². The molecule has 0 bridgehead atoms. The van der Waals surface area contributed by atoms with Gasteiger partial charge in [-0.1, -0.05) is 19.1 Å². The van der Waals surface area contributed by atoms with Crippen LogP contribution in [0.15, 0.2) is 24.3 Å². The second-order valence-corrected chi connectivity index (χ2v) is 6.54. The van der Waals surface area contributed by atoms with Gasteiger partial charge in [-0.05, 0) is 51.8 Å². The third kappa shape index (κ3) is 6.20. The van der Waals surface area contributed by atoms with Crippen molar-refractivity contribution in [1.29, 1.82) is 0 Å². The van der Waals surface area contributed by atoms with Gasteiger partial charge in [0.2, 0.25) is 0 Å². The normalized spacial score (nSPS) is 13.8. The summed E-state index contributed by atoms with van der Waals surface area (Å²) in [5.74, 6) is -0.637. The third-order valence-corrected chi connectivity index (χ3v) is 3.39. The van der Waals surface area contributed by atoms with Gasteiger partial charge >= 0.3 is 12.1 Å². The van der Waals surface area contributed by atoms with Gasteiger partial charge in [-0.15, -0.1) is 0 Å². The number of nitrogens with two attached hydrogens (primary N) is 1. The van der Waals surface area contributed by atoms with E-state index < -0.39 is 23.7 Å². The first kappa shape index (κ1) is 20.0. The molecule has 2 atom stereocenters. The lowest BCUT2D eigenvalue weighted by atomic mass is 9.89. The maximum atomic E-state index is 12.2. The molecule has 0 radical (unpaired) electrons. The number of rotatable bonds is 6. The Morgan fingerprint density at radius 1 is 1.25 bits per heavy atom. The predicted molar refractivity (Wildman–Crippen MR) is 93.9 cm³/mol. The molecule has 0 saturated carbocycles. The lowest BCUT2D eigenvalue weighted by Crippen LogP contribution is -2.41. The zero-order chi connectivity index (χ0) is 18.3. The first-order chi connectivity index (χ1) is 11.2. The number of esters is 1. The van der Waals surface area contributed by atoms with Gasteiger partial charge in [0.25, 0.3) is 0 Å². The van der Waals surface area contributed by atoms with Crippen LogP contribution in [0, 0.1) is 0 Å². The fraction of sp³-hybridized carbons (Fsp3) is 0.556. The van der Waals surface area contributed by atoms with Crippen LogP contribution >= 0.6 is 0 Å². The summed E-state index contributed by atoms with van der Waals surface area (Å²) in [6.45, 7) is 9.42. The lowest BCUT2D eigenvalue weighted by molar-refractivity contribution is -0.157. The van der Waals surface area contributed by atoms with Crippen molar-refractivity contribution < 1.29 is 19.1 Å². The molecule has 0 fully saturated rings. The van der Waals surface area contributed by atoms with Gasteiger partial charge in [0, 0.05) is 11.6 Å². The molecule has 134 valence electrons. The summed E-state index contributed by atoms with van der Waals surface area (Å²) in [4.78, 5) is 23.8. The number of hydrogen-bond donors (Lipinski definition) is 2. The quantitative estimate of drug-likeness (QED) is 0.777. The van der Waals surface area contributed by atoms with Crippen LogP contribution in [-0.2, 0) is 14.3 Å². The smallest absolute Gasteiger partial charge is 0.411 e. The Labute approximate surface area is 143 Å². The molecule has 0 spiro atoms. The number of anilines is 1. The number of carbonyl (C=O) groups is 2. The minimum atomic E-state index is -0.771. The average molecular weight is 336 g/mol. The monoisotopic (exact) mass is 336 g/mol. The zero-order valence-corrected chi connectivity index (χ0v) is 15.1. The molecule has 0 saturated heterocycles. The molecular formula is C18H28N2O4. The molecule has 2 unspecified atom stereocenters. The first-order valence-corrected chi connectivity index (χ1v) is 8.20. The number of amides is 1. The van der Waals surface area contributed by atoms with Crippen molar-refractivity contribution in [3.63, 3.8) is 0 Å². The van der Waals surface area contributed by atoms with Crippen LogP contribution in [0.5, 0.6) is 0 Å². The highest BCUT2D eigenvalue weighted by molar-refractivity contribution is 5.84. The van der Waals surface area contributed by atoms with E-state index in [0.717, 1.165) is 5.56 Å². The minimum absolute atomic E-state index is 0.205. The molecular weight excluding hydrogens is 308 g/mol. The Kier molecular flexibility index (Phi) is 7.22. The number of hydrogen-bond acceptors (Lipinski definition) is 5. The fourth-order valence-corrected chi connectivity index (χ4v) is 2.36. The molecule has 6 heteroatoms. The Morgan fingerprint density at radius 3 is 2.46 bits per heavy atom. The van der Waals surface area contributed by atoms with Crippen molar-refractivity contribution in [2.24, 2.45) is 5.73 Å². The van der Waals surface area contributed by atoms with Crippen molar-refractivity contribution in [3.05, 3.63) is 29.8 Å². The second-order valence-electron chi connectivity index (χ2n) is 6.54. The molecule has 1 amide bonds. The predicted octanol–water partition coefficient (Wildman–Crippen LogP) is 3.42. The van der Waals surface area contributed by atoms with E-state index in [1.54, 1.807) is 25.1 Å². The Bertz CT molecular complexity index is 566. The highest BCUT2D eigenvalue weighted by Gasteiger charge is 2.29. The van der Waals surface area contributed by atoms with E-state index in [9.17, 15) is 9.59 Å². The molecule has 0 aliphatic heterocycles. The van der Waals surface area contributed by atoms with E-state index in [1.165, 1.54) is 0 Å². The van der Waals surface area contributed by atoms with Crippen LogP contribution in [0.3, 0.4) is 0 Å². The lowest BCUT2D eigenvalue weighted by Gasteiger charge is -2.26. The van der Waals surface area contributed by atoms with E-state index in [4.69, 9.17) is 15.2 Å². The molecule has 0 aliphatic carbocycles. The van der Waals surface area contributed by atoms with Crippen molar-refractivity contribution in [3.8, 4) is 0 Å². The summed E-state index contributed by atoms with van der Waals surface area (Å²) in [5, 5.41) is 2.65.